The molecule has 174 valence electrons. The Labute approximate surface area is 205 Å². The SMILES string of the molecule is c1ccc(Cn2c(-c3ccccc3)cc3cnc(Nc4ccc(N5CCOCC5)cc4)cc32)cc1. The van der Waals surface area contributed by atoms with Gasteiger partial charge in [0.15, 0.2) is 0 Å². The second-order valence-corrected chi connectivity index (χ2v) is 8.87. The standard InChI is InChI=1S/C30H28N4O/c1-3-7-23(8-4-1)22-34-28(24-9-5-2-6-10-24)19-25-21-31-30(20-29(25)34)32-26-11-13-27(14-12-26)33-15-17-35-18-16-33/h1-14,19-21H,15-18,22H2,(H,31,32). The zero-order valence-corrected chi connectivity index (χ0v) is 19.6. The number of fused-ring (bicyclic) bond motifs is 1. The first-order valence-corrected chi connectivity index (χ1v) is 12.1. The average Bonchev–Trinajstić information content (AvgIpc) is 3.28. The van der Waals surface area contributed by atoms with E-state index < -0.39 is 0 Å². The third-order valence-corrected chi connectivity index (χ3v) is 6.55. The lowest BCUT2D eigenvalue weighted by atomic mass is 10.1. The normalized spacial score (nSPS) is 13.8. The maximum Gasteiger partial charge on any atom is 0.132 e. The predicted molar refractivity (Wildman–Crippen MR) is 143 cm³/mol. The van der Waals surface area contributed by atoms with Crippen molar-refractivity contribution < 1.29 is 4.74 Å². The summed E-state index contributed by atoms with van der Waals surface area (Å²) < 4.78 is 7.86. The molecule has 1 N–H and O–H groups in total. The van der Waals surface area contributed by atoms with Gasteiger partial charge in [0.2, 0.25) is 0 Å². The second-order valence-electron chi connectivity index (χ2n) is 8.87. The number of nitrogens with one attached hydrogen (secondary N) is 1. The molecule has 0 atom stereocenters. The second kappa shape index (κ2) is 9.65. The number of hydrogen-bond acceptors (Lipinski definition) is 4. The van der Waals surface area contributed by atoms with E-state index in [4.69, 9.17) is 9.72 Å². The zero-order chi connectivity index (χ0) is 23.5. The van der Waals surface area contributed by atoms with E-state index in [1.807, 2.05) is 6.20 Å². The van der Waals surface area contributed by atoms with E-state index in [0.717, 1.165) is 55.3 Å². The average molecular weight is 461 g/mol. The monoisotopic (exact) mass is 460 g/mol. The highest BCUT2D eigenvalue weighted by atomic mass is 16.5. The van der Waals surface area contributed by atoms with Crippen molar-refractivity contribution in [2.24, 2.45) is 0 Å². The Hall–Kier alpha value is -4.09. The van der Waals surface area contributed by atoms with Crippen LogP contribution in [0.15, 0.2) is 103 Å². The molecule has 0 saturated carbocycles. The molecule has 1 aliphatic rings. The van der Waals surface area contributed by atoms with Crippen LogP contribution in [0.1, 0.15) is 5.56 Å². The Morgan fingerprint density at radius 1 is 0.800 bits per heavy atom. The summed E-state index contributed by atoms with van der Waals surface area (Å²) in [6, 6.07) is 34.1. The van der Waals surface area contributed by atoms with Crippen LogP contribution in [0.5, 0.6) is 0 Å². The van der Waals surface area contributed by atoms with Gasteiger partial charge in [-0.2, -0.15) is 0 Å². The van der Waals surface area contributed by atoms with Crippen molar-refractivity contribution in [2.45, 2.75) is 6.54 Å². The number of hydrogen-bond donors (Lipinski definition) is 1. The fourth-order valence-electron chi connectivity index (χ4n) is 4.73. The molecular weight excluding hydrogens is 432 g/mol. The van der Waals surface area contributed by atoms with Gasteiger partial charge < -0.3 is 19.5 Å². The van der Waals surface area contributed by atoms with Crippen molar-refractivity contribution in [1.82, 2.24) is 9.55 Å². The third-order valence-electron chi connectivity index (χ3n) is 6.55. The third kappa shape index (κ3) is 4.63. The fraction of sp³-hybridized carbons (Fsp3) is 0.167. The van der Waals surface area contributed by atoms with Gasteiger partial charge in [-0.15, -0.1) is 0 Å². The Kier molecular flexibility index (Phi) is 5.91. The molecule has 0 spiro atoms. The summed E-state index contributed by atoms with van der Waals surface area (Å²) in [5.74, 6) is 0.837. The molecule has 2 aromatic heterocycles. The summed E-state index contributed by atoms with van der Waals surface area (Å²) in [6.07, 6.45) is 1.97. The van der Waals surface area contributed by atoms with Gasteiger partial charge in [-0.05, 0) is 41.5 Å². The van der Waals surface area contributed by atoms with Crippen LogP contribution >= 0.6 is 0 Å². The van der Waals surface area contributed by atoms with E-state index in [1.165, 1.54) is 22.5 Å². The lowest BCUT2D eigenvalue weighted by Crippen LogP contribution is -2.36. The summed E-state index contributed by atoms with van der Waals surface area (Å²) in [5.41, 5.74) is 7.08. The summed E-state index contributed by atoms with van der Waals surface area (Å²) in [7, 11) is 0. The zero-order valence-electron chi connectivity index (χ0n) is 19.6. The van der Waals surface area contributed by atoms with Crippen LogP contribution in [0, 0.1) is 0 Å². The van der Waals surface area contributed by atoms with Crippen LogP contribution in [-0.2, 0) is 11.3 Å². The van der Waals surface area contributed by atoms with E-state index in [2.05, 4.69) is 112 Å². The van der Waals surface area contributed by atoms with E-state index in [9.17, 15) is 0 Å². The molecule has 1 saturated heterocycles. The van der Waals surface area contributed by atoms with Gasteiger partial charge in [0.1, 0.15) is 5.82 Å². The van der Waals surface area contributed by atoms with Gasteiger partial charge in [0.05, 0.1) is 18.7 Å². The van der Waals surface area contributed by atoms with E-state index >= 15 is 0 Å². The topological polar surface area (TPSA) is 42.3 Å². The van der Waals surface area contributed by atoms with Crippen LogP contribution in [0.25, 0.3) is 22.2 Å². The number of benzene rings is 3. The van der Waals surface area contributed by atoms with Crippen molar-refractivity contribution in [3.63, 3.8) is 0 Å². The molecule has 35 heavy (non-hydrogen) atoms. The van der Waals surface area contributed by atoms with Crippen molar-refractivity contribution in [3.8, 4) is 11.3 Å². The van der Waals surface area contributed by atoms with Gasteiger partial charge in [-0.3, -0.25) is 0 Å². The quantitative estimate of drug-likeness (QED) is 0.321. The molecule has 1 aliphatic heterocycles. The molecule has 6 rings (SSSR count). The minimum absolute atomic E-state index is 0.789. The van der Waals surface area contributed by atoms with Gasteiger partial charge >= 0.3 is 0 Å². The molecule has 0 radical (unpaired) electrons. The molecule has 5 nitrogen and oxygen atoms in total. The van der Waals surface area contributed by atoms with Crippen molar-refractivity contribution >= 4 is 28.1 Å². The lowest BCUT2D eigenvalue weighted by Gasteiger charge is -2.28. The number of morpholine rings is 1. The Morgan fingerprint density at radius 3 is 2.26 bits per heavy atom. The fourth-order valence-corrected chi connectivity index (χ4v) is 4.73. The summed E-state index contributed by atoms with van der Waals surface area (Å²) in [4.78, 5) is 7.08. The first kappa shape index (κ1) is 21.4. The molecule has 0 bridgehead atoms. The van der Waals surface area contributed by atoms with Gasteiger partial charge in [0, 0.05) is 54.4 Å². The lowest BCUT2D eigenvalue weighted by molar-refractivity contribution is 0.122. The molecule has 5 heteroatoms. The van der Waals surface area contributed by atoms with Crippen LogP contribution in [0.3, 0.4) is 0 Å². The highest BCUT2D eigenvalue weighted by Gasteiger charge is 2.14. The first-order chi connectivity index (χ1) is 17.3. The minimum atomic E-state index is 0.789. The summed E-state index contributed by atoms with van der Waals surface area (Å²) >= 11 is 0. The molecule has 0 aliphatic carbocycles. The van der Waals surface area contributed by atoms with Crippen LogP contribution in [0.4, 0.5) is 17.2 Å². The number of ether oxygens (including phenoxy) is 1. The molecule has 3 aromatic carbocycles. The van der Waals surface area contributed by atoms with Gasteiger partial charge in [0.25, 0.3) is 0 Å². The number of rotatable bonds is 6. The van der Waals surface area contributed by atoms with E-state index in [1.54, 1.807) is 0 Å². The van der Waals surface area contributed by atoms with E-state index in [-0.39, 0.29) is 0 Å². The van der Waals surface area contributed by atoms with Gasteiger partial charge in [-0.25, -0.2) is 4.98 Å². The maximum atomic E-state index is 5.47. The number of anilines is 3. The molecule has 5 aromatic rings. The van der Waals surface area contributed by atoms with Crippen LogP contribution in [-0.4, -0.2) is 35.9 Å². The molecule has 3 heterocycles. The number of aromatic nitrogens is 2. The summed E-state index contributed by atoms with van der Waals surface area (Å²) in [5, 5.41) is 4.63. The number of nitrogens with zero attached hydrogens (tertiary/aromatic N) is 3. The van der Waals surface area contributed by atoms with Crippen LogP contribution < -0.4 is 10.2 Å². The van der Waals surface area contributed by atoms with Crippen molar-refractivity contribution in [1.29, 1.82) is 0 Å². The Balaban J connectivity index is 1.33. The van der Waals surface area contributed by atoms with Crippen molar-refractivity contribution in [3.05, 3.63) is 109 Å². The highest BCUT2D eigenvalue weighted by molar-refractivity contribution is 5.88. The highest BCUT2D eigenvalue weighted by Crippen LogP contribution is 2.31. The molecule has 1 fully saturated rings. The van der Waals surface area contributed by atoms with Crippen molar-refractivity contribution in [2.75, 3.05) is 36.5 Å². The maximum absolute atomic E-state index is 5.47. The molecular formula is C30H28N4O. The predicted octanol–water partition coefficient (Wildman–Crippen LogP) is 6.33. The molecule has 0 amide bonds. The Morgan fingerprint density at radius 2 is 1.51 bits per heavy atom. The number of pyridine rings is 1. The van der Waals surface area contributed by atoms with Gasteiger partial charge in [-0.1, -0.05) is 60.7 Å². The largest absolute Gasteiger partial charge is 0.378 e. The van der Waals surface area contributed by atoms with Crippen LogP contribution in [0.2, 0.25) is 0 Å². The molecule has 0 unspecified atom stereocenters. The first-order valence-electron chi connectivity index (χ1n) is 12.1. The smallest absolute Gasteiger partial charge is 0.132 e. The van der Waals surface area contributed by atoms with E-state index in [0.29, 0.717) is 0 Å². The summed E-state index contributed by atoms with van der Waals surface area (Å²) in [6.45, 7) is 4.25. The Bertz CT molecular complexity index is 1410. The minimum Gasteiger partial charge on any atom is -0.378 e.